The fourth-order valence-electron chi connectivity index (χ4n) is 6.08. The van der Waals surface area contributed by atoms with Gasteiger partial charge < -0.3 is 20.2 Å². The average Bonchev–Trinajstić information content (AvgIpc) is 3.43. The lowest BCUT2D eigenvalue weighted by Gasteiger charge is -2.54. The van der Waals surface area contributed by atoms with Crippen molar-refractivity contribution in [3.05, 3.63) is 95.7 Å². The molecule has 0 radical (unpaired) electrons. The van der Waals surface area contributed by atoms with Gasteiger partial charge in [-0.1, -0.05) is 60.5 Å². The molecule has 2 atom stereocenters. The molecule has 11 heteroatoms. The van der Waals surface area contributed by atoms with Crippen molar-refractivity contribution < 1.29 is 19.5 Å². The van der Waals surface area contributed by atoms with Crippen molar-refractivity contribution in [2.75, 3.05) is 20.1 Å². The number of phenolic OH excluding ortho intramolecular Hbond substituents is 1. The molecule has 2 aliphatic rings. The number of hydrogen-bond donors (Lipinski definition) is 2. The molecule has 11 nitrogen and oxygen atoms in total. The van der Waals surface area contributed by atoms with E-state index in [9.17, 15) is 19.5 Å². The quantitative estimate of drug-likeness (QED) is 0.320. The van der Waals surface area contributed by atoms with Crippen molar-refractivity contribution in [3.8, 4) is 18.1 Å². The molecular formula is C33H33N7O4. The number of carbonyl (C=O) groups is 3. The number of nitrogens with one attached hydrogen (secondary N) is 1. The fraction of sp³-hybridized carbons (Fsp3) is 0.273. The van der Waals surface area contributed by atoms with Gasteiger partial charge in [0.2, 0.25) is 11.8 Å². The van der Waals surface area contributed by atoms with E-state index in [4.69, 9.17) is 6.42 Å². The Morgan fingerprint density at radius 1 is 1.05 bits per heavy atom. The SMILES string of the molecule is C#CCn1ncc2c(CN3C[C@H]4N(C(=O)CN(C)N4C(=O)NCc4ccccc4)[C@@H](Cc4ccc(O)cc4)C3=O)cccc21. The normalized spacial score (nSPS) is 18.8. The number of fused-ring (bicyclic) bond motifs is 2. The molecule has 0 saturated carbocycles. The molecule has 2 fully saturated rings. The standard InChI is InChI=1S/C33H33N7O4/c1-3-16-38-28-11-7-10-25(27(28)19-35-38)20-37-21-30-39(29(32(37)43)17-23-12-14-26(41)15-13-23)31(42)22-36(2)40(30)33(44)34-18-24-8-5-4-6-9-24/h1,4-15,19,29-30,41H,16-18,20-22H2,2H3,(H,34,44)/t29-,30-/m0/s1. The van der Waals surface area contributed by atoms with Crippen LogP contribution in [0.5, 0.6) is 5.75 Å². The van der Waals surface area contributed by atoms with E-state index in [-0.39, 0.29) is 49.7 Å². The van der Waals surface area contributed by atoms with E-state index in [1.54, 1.807) is 62.0 Å². The first-order valence-electron chi connectivity index (χ1n) is 14.4. The van der Waals surface area contributed by atoms with Gasteiger partial charge in [-0.3, -0.25) is 14.3 Å². The third-order valence-electron chi connectivity index (χ3n) is 8.18. The van der Waals surface area contributed by atoms with Crippen molar-refractivity contribution in [1.82, 2.24) is 34.9 Å². The number of aromatic nitrogens is 2. The molecule has 2 saturated heterocycles. The number of nitrogens with zero attached hydrogens (tertiary/aromatic N) is 6. The molecule has 224 valence electrons. The number of hydrazine groups is 1. The topological polar surface area (TPSA) is 114 Å². The van der Waals surface area contributed by atoms with Gasteiger partial charge in [-0.15, -0.1) is 6.42 Å². The monoisotopic (exact) mass is 591 g/mol. The summed E-state index contributed by atoms with van der Waals surface area (Å²) in [6.45, 7) is 0.958. The number of terminal acetylenes is 1. The maximum atomic E-state index is 14.2. The van der Waals surface area contributed by atoms with Crippen LogP contribution in [0, 0.1) is 12.3 Å². The van der Waals surface area contributed by atoms with E-state index < -0.39 is 12.2 Å². The molecule has 6 rings (SSSR count). The van der Waals surface area contributed by atoms with Gasteiger partial charge in [0.05, 0.1) is 24.8 Å². The molecule has 0 unspecified atom stereocenters. The van der Waals surface area contributed by atoms with Crippen LogP contribution in [0.25, 0.3) is 10.9 Å². The highest BCUT2D eigenvalue weighted by Crippen LogP contribution is 2.30. The van der Waals surface area contributed by atoms with Gasteiger partial charge in [-0.25, -0.2) is 14.8 Å². The number of likely N-dealkylation sites (N-methyl/N-ethyl adjacent to an activating group) is 1. The highest BCUT2D eigenvalue weighted by atomic mass is 16.3. The second-order valence-corrected chi connectivity index (χ2v) is 11.0. The van der Waals surface area contributed by atoms with Crippen LogP contribution in [0.15, 0.2) is 79.0 Å². The number of benzene rings is 3. The zero-order valence-electron chi connectivity index (χ0n) is 24.3. The van der Waals surface area contributed by atoms with Crippen LogP contribution in [0.2, 0.25) is 0 Å². The van der Waals surface area contributed by atoms with E-state index in [0.717, 1.165) is 27.6 Å². The summed E-state index contributed by atoms with van der Waals surface area (Å²) < 4.78 is 1.74. The van der Waals surface area contributed by atoms with Crippen molar-refractivity contribution >= 4 is 28.7 Å². The molecule has 1 aromatic heterocycles. The number of carbonyl (C=O) groups excluding carboxylic acids is 3. The number of phenols is 1. The lowest BCUT2D eigenvalue weighted by molar-refractivity contribution is -0.187. The van der Waals surface area contributed by atoms with Gasteiger partial charge in [-0.05, 0) is 34.9 Å². The van der Waals surface area contributed by atoms with Gasteiger partial charge >= 0.3 is 6.03 Å². The Hall–Kier alpha value is -5.34. The van der Waals surface area contributed by atoms with Crippen molar-refractivity contribution in [1.29, 1.82) is 0 Å². The Balaban J connectivity index is 1.34. The smallest absolute Gasteiger partial charge is 0.334 e. The second-order valence-electron chi connectivity index (χ2n) is 11.0. The van der Waals surface area contributed by atoms with E-state index in [0.29, 0.717) is 13.1 Å². The van der Waals surface area contributed by atoms with Crippen LogP contribution < -0.4 is 5.32 Å². The Morgan fingerprint density at radius 2 is 1.82 bits per heavy atom. The number of hydrogen-bond acceptors (Lipinski definition) is 6. The number of aromatic hydroxyl groups is 1. The summed E-state index contributed by atoms with van der Waals surface area (Å²) in [5, 5.41) is 21.3. The van der Waals surface area contributed by atoms with Crippen LogP contribution in [-0.4, -0.2) is 84.9 Å². The Labute approximate surface area is 255 Å². The van der Waals surface area contributed by atoms with Crippen LogP contribution in [0.1, 0.15) is 16.7 Å². The summed E-state index contributed by atoms with van der Waals surface area (Å²) in [4.78, 5) is 44.8. The molecule has 4 amide bonds. The van der Waals surface area contributed by atoms with Gasteiger partial charge in [0.25, 0.3) is 0 Å². The van der Waals surface area contributed by atoms with E-state index in [1.807, 2.05) is 48.5 Å². The minimum Gasteiger partial charge on any atom is -0.508 e. The summed E-state index contributed by atoms with van der Waals surface area (Å²) in [6.07, 6.45) is 6.77. The van der Waals surface area contributed by atoms with Gasteiger partial charge in [0.1, 0.15) is 24.5 Å². The predicted molar refractivity (Wildman–Crippen MR) is 163 cm³/mol. The second kappa shape index (κ2) is 12.1. The molecule has 0 bridgehead atoms. The maximum absolute atomic E-state index is 14.2. The Morgan fingerprint density at radius 3 is 2.57 bits per heavy atom. The highest BCUT2D eigenvalue weighted by Gasteiger charge is 2.50. The third-order valence-corrected chi connectivity index (χ3v) is 8.18. The largest absolute Gasteiger partial charge is 0.508 e. The molecule has 3 aromatic carbocycles. The first-order valence-corrected chi connectivity index (χ1v) is 14.4. The van der Waals surface area contributed by atoms with Crippen molar-refractivity contribution in [2.24, 2.45) is 0 Å². The first kappa shape index (κ1) is 28.8. The fourth-order valence-corrected chi connectivity index (χ4v) is 6.08. The minimum atomic E-state index is -0.854. The van der Waals surface area contributed by atoms with Gasteiger partial charge in [0.15, 0.2) is 0 Å². The van der Waals surface area contributed by atoms with Crippen LogP contribution in [0.4, 0.5) is 4.79 Å². The lowest BCUT2D eigenvalue weighted by Crippen LogP contribution is -2.76. The lowest BCUT2D eigenvalue weighted by atomic mass is 9.98. The molecule has 4 aromatic rings. The molecule has 2 aliphatic heterocycles. The van der Waals surface area contributed by atoms with Gasteiger partial charge in [0, 0.05) is 31.9 Å². The van der Waals surface area contributed by atoms with Gasteiger partial charge in [-0.2, -0.15) is 5.10 Å². The first-order chi connectivity index (χ1) is 21.3. The molecule has 2 N–H and O–H groups in total. The molecule has 0 spiro atoms. The number of piperazine rings is 1. The molecule has 0 aliphatic carbocycles. The summed E-state index contributed by atoms with van der Waals surface area (Å²) in [5.74, 6) is 2.27. The zero-order chi connectivity index (χ0) is 30.8. The number of urea groups is 1. The number of amides is 4. The highest BCUT2D eigenvalue weighted by molar-refractivity contribution is 5.92. The van der Waals surface area contributed by atoms with E-state index in [2.05, 4.69) is 16.3 Å². The summed E-state index contributed by atoms with van der Waals surface area (Å²) in [7, 11) is 1.70. The van der Waals surface area contributed by atoms with Crippen LogP contribution in [-0.2, 0) is 35.6 Å². The Kier molecular flexibility index (Phi) is 7.91. The summed E-state index contributed by atoms with van der Waals surface area (Å²) in [5.41, 5.74) is 3.47. The number of rotatable bonds is 7. The predicted octanol–water partition coefficient (Wildman–Crippen LogP) is 2.56. The van der Waals surface area contributed by atoms with Crippen molar-refractivity contribution in [3.63, 3.8) is 0 Å². The molecule has 3 heterocycles. The Bertz CT molecular complexity index is 1730. The minimum absolute atomic E-state index is 0.0533. The van der Waals surface area contributed by atoms with E-state index in [1.165, 1.54) is 0 Å². The van der Waals surface area contributed by atoms with Crippen LogP contribution >= 0.6 is 0 Å². The zero-order valence-corrected chi connectivity index (χ0v) is 24.3. The average molecular weight is 592 g/mol. The van der Waals surface area contributed by atoms with Crippen LogP contribution in [0.3, 0.4) is 0 Å². The van der Waals surface area contributed by atoms with E-state index >= 15 is 0 Å². The summed E-state index contributed by atoms with van der Waals surface area (Å²) >= 11 is 0. The molecule has 44 heavy (non-hydrogen) atoms. The van der Waals surface area contributed by atoms with Crippen molar-refractivity contribution in [2.45, 2.75) is 38.3 Å². The third kappa shape index (κ3) is 5.55. The summed E-state index contributed by atoms with van der Waals surface area (Å²) in [6, 6.07) is 20.7. The molecular weight excluding hydrogens is 558 g/mol. The maximum Gasteiger partial charge on any atom is 0.334 e.